The Balaban J connectivity index is 1.58. The summed E-state index contributed by atoms with van der Waals surface area (Å²) in [6.45, 7) is 1.10. The molecule has 2 aromatic rings. The fourth-order valence-electron chi connectivity index (χ4n) is 3.27. The van der Waals surface area contributed by atoms with Crippen molar-refractivity contribution in [3.05, 3.63) is 58.1 Å². The molecule has 31 heavy (non-hydrogen) atoms. The minimum atomic E-state index is -0.771. The summed E-state index contributed by atoms with van der Waals surface area (Å²) in [5, 5.41) is 13.7. The molecule has 10 nitrogen and oxygen atoms in total. The lowest BCUT2D eigenvalue weighted by molar-refractivity contribution is -0.385. The van der Waals surface area contributed by atoms with E-state index in [0.29, 0.717) is 22.7 Å². The van der Waals surface area contributed by atoms with Crippen molar-refractivity contribution in [1.82, 2.24) is 0 Å². The summed E-state index contributed by atoms with van der Waals surface area (Å²) < 4.78 is 10.2. The zero-order valence-corrected chi connectivity index (χ0v) is 17.0. The number of para-hydroxylation sites is 2. The maximum Gasteiger partial charge on any atom is 0.311 e. The number of benzene rings is 2. The summed E-state index contributed by atoms with van der Waals surface area (Å²) in [5.41, 5.74) is 1.14. The average Bonchev–Trinajstić information content (AvgIpc) is 3.14. The molecule has 0 aromatic heterocycles. The fraction of sp³-hybridized carbons (Fsp3) is 0.286. The van der Waals surface area contributed by atoms with Crippen LogP contribution >= 0.6 is 0 Å². The summed E-state index contributed by atoms with van der Waals surface area (Å²) in [7, 11) is 1.47. The van der Waals surface area contributed by atoms with Crippen molar-refractivity contribution < 1.29 is 28.8 Å². The molecule has 0 saturated carbocycles. The number of methoxy groups -OCH3 is 1. The molecular formula is C21H21N3O7. The van der Waals surface area contributed by atoms with Crippen LogP contribution in [0.4, 0.5) is 17.1 Å². The van der Waals surface area contributed by atoms with Gasteiger partial charge in [-0.2, -0.15) is 0 Å². The van der Waals surface area contributed by atoms with Gasteiger partial charge in [0.1, 0.15) is 5.75 Å². The molecule has 1 aliphatic rings. The number of hydrogen-bond donors (Lipinski definition) is 1. The van der Waals surface area contributed by atoms with E-state index in [1.807, 2.05) is 0 Å². The van der Waals surface area contributed by atoms with E-state index in [2.05, 4.69) is 5.32 Å². The zero-order valence-electron chi connectivity index (χ0n) is 17.0. The third-order valence-electron chi connectivity index (χ3n) is 4.89. The van der Waals surface area contributed by atoms with Crippen molar-refractivity contribution in [2.45, 2.75) is 13.3 Å². The average molecular weight is 427 g/mol. The molecule has 0 bridgehead atoms. The van der Waals surface area contributed by atoms with Crippen LogP contribution in [0, 0.1) is 23.0 Å². The van der Waals surface area contributed by atoms with E-state index in [4.69, 9.17) is 9.47 Å². The molecular weight excluding hydrogens is 406 g/mol. The van der Waals surface area contributed by atoms with Crippen LogP contribution in [-0.4, -0.2) is 43.0 Å². The molecule has 1 saturated heterocycles. The second-order valence-corrected chi connectivity index (χ2v) is 6.99. The predicted octanol–water partition coefficient (Wildman–Crippen LogP) is 2.45. The standard InChI is InChI=1S/C21H21N3O7/c1-13-7-8-15(10-17(13)24(28)29)23-11-14(9-20(23)26)21(27)31-12-19(25)22-16-5-3-4-6-18(16)30-2/h3-8,10,14H,9,11-12H2,1-2H3,(H,22,25)/t14-/m0/s1. The van der Waals surface area contributed by atoms with E-state index < -0.39 is 29.3 Å². The van der Waals surface area contributed by atoms with Crippen LogP contribution in [0.2, 0.25) is 0 Å². The van der Waals surface area contributed by atoms with Gasteiger partial charge in [-0.3, -0.25) is 24.5 Å². The van der Waals surface area contributed by atoms with Crippen LogP contribution < -0.4 is 15.0 Å². The van der Waals surface area contributed by atoms with Gasteiger partial charge < -0.3 is 19.7 Å². The number of ether oxygens (including phenoxy) is 2. The van der Waals surface area contributed by atoms with Crippen molar-refractivity contribution in [3.8, 4) is 5.75 Å². The highest BCUT2D eigenvalue weighted by Crippen LogP contribution is 2.30. The highest BCUT2D eigenvalue weighted by molar-refractivity contribution is 6.00. The monoisotopic (exact) mass is 427 g/mol. The molecule has 0 unspecified atom stereocenters. The first-order chi connectivity index (χ1) is 14.8. The number of amides is 2. The van der Waals surface area contributed by atoms with Crippen molar-refractivity contribution >= 4 is 34.8 Å². The molecule has 0 radical (unpaired) electrons. The Kier molecular flexibility index (Phi) is 6.49. The van der Waals surface area contributed by atoms with Gasteiger partial charge in [0.15, 0.2) is 6.61 Å². The number of carbonyl (C=O) groups excluding carboxylic acids is 3. The summed E-state index contributed by atoms with van der Waals surface area (Å²) >= 11 is 0. The molecule has 2 amide bonds. The Bertz CT molecular complexity index is 1040. The smallest absolute Gasteiger partial charge is 0.311 e. The number of nitro groups is 1. The van der Waals surface area contributed by atoms with Crippen LogP contribution in [0.5, 0.6) is 5.75 Å². The molecule has 1 heterocycles. The zero-order chi connectivity index (χ0) is 22.5. The Hall–Kier alpha value is -3.95. The van der Waals surface area contributed by atoms with Gasteiger partial charge in [-0.1, -0.05) is 18.2 Å². The van der Waals surface area contributed by atoms with Crippen LogP contribution in [0.15, 0.2) is 42.5 Å². The van der Waals surface area contributed by atoms with Gasteiger partial charge in [-0.05, 0) is 25.1 Å². The number of anilines is 2. The number of nitrogens with zero attached hydrogens (tertiary/aromatic N) is 2. The van der Waals surface area contributed by atoms with Crippen molar-refractivity contribution in [1.29, 1.82) is 0 Å². The van der Waals surface area contributed by atoms with Gasteiger partial charge in [-0.15, -0.1) is 0 Å². The molecule has 0 aliphatic carbocycles. The number of carbonyl (C=O) groups is 3. The lowest BCUT2D eigenvalue weighted by Gasteiger charge is -2.17. The number of rotatable bonds is 7. The first-order valence-corrected chi connectivity index (χ1v) is 9.45. The van der Waals surface area contributed by atoms with Gasteiger partial charge >= 0.3 is 5.97 Å². The van der Waals surface area contributed by atoms with E-state index in [1.165, 1.54) is 18.1 Å². The maximum absolute atomic E-state index is 12.4. The minimum Gasteiger partial charge on any atom is -0.495 e. The maximum atomic E-state index is 12.4. The lowest BCUT2D eigenvalue weighted by Crippen LogP contribution is -2.28. The number of nitro benzene ring substituents is 1. The second-order valence-electron chi connectivity index (χ2n) is 6.99. The quantitative estimate of drug-likeness (QED) is 0.408. The van der Waals surface area contributed by atoms with Crippen molar-refractivity contribution in [2.75, 3.05) is 30.5 Å². The highest BCUT2D eigenvalue weighted by atomic mass is 16.6. The summed E-state index contributed by atoms with van der Waals surface area (Å²) in [4.78, 5) is 48.8. The van der Waals surface area contributed by atoms with E-state index in [0.717, 1.165) is 0 Å². The lowest BCUT2D eigenvalue weighted by atomic mass is 10.1. The Morgan fingerprint density at radius 3 is 2.71 bits per heavy atom. The topological polar surface area (TPSA) is 128 Å². The van der Waals surface area contributed by atoms with Crippen LogP contribution in [0.1, 0.15) is 12.0 Å². The SMILES string of the molecule is COc1ccccc1NC(=O)COC(=O)[C@H]1CC(=O)N(c2ccc(C)c([N+](=O)[O-])c2)C1. The molecule has 1 N–H and O–H groups in total. The number of hydrogen-bond acceptors (Lipinski definition) is 7. The Morgan fingerprint density at radius 1 is 1.26 bits per heavy atom. The summed E-state index contributed by atoms with van der Waals surface area (Å²) in [6.07, 6.45) is -0.103. The first kappa shape index (κ1) is 21.8. The largest absolute Gasteiger partial charge is 0.495 e. The normalized spacial score (nSPS) is 15.5. The van der Waals surface area contributed by atoms with E-state index in [9.17, 15) is 24.5 Å². The molecule has 1 fully saturated rings. The first-order valence-electron chi connectivity index (χ1n) is 9.45. The molecule has 3 rings (SSSR count). The third kappa shape index (κ3) is 4.97. The number of nitrogens with one attached hydrogen (secondary N) is 1. The van der Waals surface area contributed by atoms with Gasteiger partial charge in [0, 0.05) is 24.6 Å². The predicted molar refractivity (Wildman–Crippen MR) is 111 cm³/mol. The van der Waals surface area contributed by atoms with Crippen LogP contribution in [0.25, 0.3) is 0 Å². The molecule has 10 heteroatoms. The fourth-order valence-corrected chi connectivity index (χ4v) is 3.27. The van der Waals surface area contributed by atoms with E-state index in [1.54, 1.807) is 43.3 Å². The highest BCUT2D eigenvalue weighted by Gasteiger charge is 2.37. The van der Waals surface area contributed by atoms with Crippen LogP contribution in [-0.2, 0) is 19.1 Å². The van der Waals surface area contributed by atoms with Gasteiger partial charge in [0.05, 0.1) is 29.3 Å². The van der Waals surface area contributed by atoms with Gasteiger partial charge in [-0.25, -0.2) is 0 Å². The summed E-state index contributed by atoms with van der Waals surface area (Å²) in [6, 6.07) is 11.2. The number of aryl methyl sites for hydroxylation is 1. The van der Waals surface area contributed by atoms with E-state index in [-0.39, 0.29) is 24.6 Å². The van der Waals surface area contributed by atoms with E-state index >= 15 is 0 Å². The minimum absolute atomic E-state index is 0.0199. The molecule has 0 spiro atoms. The van der Waals surface area contributed by atoms with Gasteiger partial charge in [0.2, 0.25) is 5.91 Å². The molecule has 1 aliphatic heterocycles. The Morgan fingerprint density at radius 2 is 2.00 bits per heavy atom. The molecule has 1 atom stereocenters. The van der Waals surface area contributed by atoms with Crippen molar-refractivity contribution in [3.63, 3.8) is 0 Å². The third-order valence-corrected chi connectivity index (χ3v) is 4.89. The second kappa shape index (κ2) is 9.24. The number of esters is 1. The Labute approximate surface area is 177 Å². The van der Waals surface area contributed by atoms with Crippen molar-refractivity contribution in [2.24, 2.45) is 5.92 Å². The van der Waals surface area contributed by atoms with Gasteiger partial charge in [0.25, 0.3) is 11.6 Å². The molecule has 2 aromatic carbocycles. The van der Waals surface area contributed by atoms with Crippen LogP contribution in [0.3, 0.4) is 0 Å². The molecule has 162 valence electrons. The summed E-state index contributed by atoms with van der Waals surface area (Å²) in [5.74, 6) is -1.89.